The Morgan fingerprint density at radius 2 is 1.90 bits per heavy atom. The molecule has 1 unspecified atom stereocenters. The Kier molecular flexibility index (Phi) is 2.63. The Hall–Kier alpha value is -0.340. The monoisotopic (exact) mass is 143 g/mol. The van der Waals surface area contributed by atoms with Crippen molar-refractivity contribution in [2.75, 3.05) is 6.54 Å². The summed E-state index contributed by atoms with van der Waals surface area (Å²) in [6.45, 7) is 9.56. The molecule has 0 saturated carbocycles. The molecule has 60 valence electrons. The fourth-order valence-corrected chi connectivity index (χ4v) is 0.696. The van der Waals surface area contributed by atoms with Gasteiger partial charge in [-0.05, 0) is 5.41 Å². The summed E-state index contributed by atoms with van der Waals surface area (Å²) in [5, 5.41) is 9.72. The number of aliphatic hydroxyl groups is 1. The van der Waals surface area contributed by atoms with Crippen LogP contribution in [0.15, 0.2) is 12.7 Å². The first-order chi connectivity index (χ1) is 4.37. The van der Waals surface area contributed by atoms with E-state index in [1.165, 1.54) is 6.08 Å². The molecule has 0 amide bonds. The molecule has 2 nitrogen and oxygen atoms in total. The van der Waals surface area contributed by atoms with Crippen LogP contribution in [0.4, 0.5) is 0 Å². The molecular weight excluding hydrogens is 126 g/mol. The molecule has 0 saturated heterocycles. The van der Waals surface area contributed by atoms with Crippen molar-refractivity contribution >= 4 is 0 Å². The standard InChI is InChI=1S/C8H17NO/c1-5-8(10,6-9)7(2,3)4/h5,10H,1,6,9H2,2-4H3. The van der Waals surface area contributed by atoms with Gasteiger partial charge in [0, 0.05) is 6.54 Å². The van der Waals surface area contributed by atoms with Crippen molar-refractivity contribution in [2.24, 2.45) is 11.1 Å². The van der Waals surface area contributed by atoms with E-state index < -0.39 is 5.60 Å². The van der Waals surface area contributed by atoms with E-state index in [-0.39, 0.29) is 12.0 Å². The average molecular weight is 143 g/mol. The van der Waals surface area contributed by atoms with Crippen LogP contribution in [0.5, 0.6) is 0 Å². The maximum atomic E-state index is 9.72. The van der Waals surface area contributed by atoms with E-state index >= 15 is 0 Å². The van der Waals surface area contributed by atoms with Crippen LogP contribution in [0.2, 0.25) is 0 Å². The predicted molar refractivity (Wildman–Crippen MR) is 43.7 cm³/mol. The molecule has 0 spiro atoms. The first kappa shape index (κ1) is 9.66. The van der Waals surface area contributed by atoms with Crippen molar-refractivity contribution in [3.63, 3.8) is 0 Å². The van der Waals surface area contributed by atoms with Crippen LogP contribution in [-0.2, 0) is 0 Å². The van der Waals surface area contributed by atoms with Crippen LogP contribution >= 0.6 is 0 Å². The number of hydrogen-bond acceptors (Lipinski definition) is 2. The van der Waals surface area contributed by atoms with Crippen LogP contribution in [0.25, 0.3) is 0 Å². The van der Waals surface area contributed by atoms with Crippen molar-refractivity contribution < 1.29 is 5.11 Å². The molecule has 0 aliphatic heterocycles. The Bertz CT molecular complexity index is 126. The highest BCUT2D eigenvalue weighted by atomic mass is 16.3. The van der Waals surface area contributed by atoms with Crippen molar-refractivity contribution in [1.29, 1.82) is 0 Å². The summed E-state index contributed by atoms with van der Waals surface area (Å²) in [6.07, 6.45) is 1.51. The van der Waals surface area contributed by atoms with Crippen molar-refractivity contribution in [1.82, 2.24) is 0 Å². The molecular formula is C8H17NO. The summed E-state index contributed by atoms with van der Waals surface area (Å²) in [5.74, 6) is 0. The van der Waals surface area contributed by atoms with Gasteiger partial charge in [0.1, 0.15) is 0 Å². The molecule has 0 heterocycles. The van der Waals surface area contributed by atoms with Gasteiger partial charge in [0.15, 0.2) is 0 Å². The molecule has 0 bridgehead atoms. The molecule has 0 aromatic carbocycles. The second kappa shape index (κ2) is 2.72. The van der Waals surface area contributed by atoms with Gasteiger partial charge in [0.2, 0.25) is 0 Å². The van der Waals surface area contributed by atoms with Gasteiger partial charge in [-0.25, -0.2) is 0 Å². The molecule has 10 heavy (non-hydrogen) atoms. The zero-order valence-electron chi connectivity index (χ0n) is 7.02. The Balaban J connectivity index is 4.48. The van der Waals surface area contributed by atoms with E-state index in [9.17, 15) is 5.11 Å². The van der Waals surface area contributed by atoms with E-state index in [1.807, 2.05) is 20.8 Å². The third-order valence-corrected chi connectivity index (χ3v) is 1.95. The Morgan fingerprint density at radius 1 is 1.50 bits per heavy atom. The second-order valence-electron chi connectivity index (χ2n) is 3.58. The fraction of sp³-hybridized carbons (Fsp3) is 0.750. The maximum Gasteiger partial charge on any atom is 0.0994 e. The molecule has 0 aromatic heterocycles. The molecule has 0 aliphatic rings. The van der Waals surface area contributed by atoms with E-state index in [2.05, 4.69) is 6.58 Å². The number of hydrogen-bond donors (Lipinski definition) is 2. The van der Waals surface area contributed by atoms with E-state index in [4.69, 9.17) is 5.73 Å². The SMILES string of the molecule is C=CC(O)(CN)C(C)(C)C. The minimum absolute atomic E-state index is 0.222. The summed E-state index contributed by atoms with van der Waals surface area (Å²) >= 11 is 0. The normalized spacial score (nSPS) is 18.1. The first-order valence-corrected chi connectivity index (χ1v) is 3.43. The van der Waals surface area contributed by atoms with Crippen LogP contribution in [0.1, 0.15) is 20.8 Å². The van der Waals surface area contributed by atoms with Crippen LogP contribution in [0.3, 0.4) is 0 Å². The fourth-order valence-electron chi connectivity index (χ4n) is 0.696. The molecule has 0 rings (SSSR count). The first-order valence-electron chi connectivity index (χ1n) is 3.43. The summed E-state index contributed by atoms with van der Waals surface area (Å²) in [7, 11) is 0. The molecule has 0 aromatic rings. The highest BCUT2D eigenvalue weighted by Gasteiger charge is 2.35. The van der Waals surface area contributed by atoms with Crippen LogP contribution in [-0.4, -0.2) is 17.3 Å². The van der Waals surface area contributed by atoms with Gasteiger partial charge < -0.3 is 10.8 Å². The second-order valence-corrected chi connectivity index (χ2v) is 3.58. The van der Waals surface area contributed by atoms with Gasteiger partial charge in [0.25, 0.3) is 0 Å². The minimum atomic E-state index is -0.938. The minimum Gasteiger partial charge on any atom is -0.384 e. The lowest BCUT2D eigenvalue weighted by Crippen LogP contribution is -2.47. The zero-order chi connectivity index (χ0) is 8.41. The summed E-state index contributed by atoms with van der Waals surface area (Å²) < 4.78 is 0. The van der Waals surface area contributed by atoms with Gasteiger partial charge in [-0.2, -0.15) is 0 Å². The largest absolute Gasteiger partial charge is 0.384 e. The maximum absolute atomic E-state index is 9.72. The van der Waals surface area contributed by atoms with Crippen molar-refractivity contribution in [3.05, 3.63) is 12.7 Å². The van der Waals surface area contributed by atoms with Crippen molar-refractivity contribution in [2.45, 2.75) is 26.4 Å². The molecule has 3 N–H and O–H groups in total. The summed E-state index contributed by atoms with van der Waals surface area (Å²) in [4.78, 5) is 0. The van der Waals surface area contributed by atoms with Gasteiger partial charge >= 0.3 is 0 Å². The molecule has 1 atom stereocenters. The van der Waals surface area contributed by atoms with E-state index in [1.54, 1.807) is 0 Å². The third-order valence-electron chi connectivity index (χ3n) is 1.95. The third kappa shape index (κ3) is 1.58. The van der Waals surface area contributed by atoms with Crippen LogP contribution in [0, 0.1) is 5.41 Å². The number of nitrogens with two attached hydrogens (primary N) is 1. The Morgan fingerprint density at radius 3 is 1.90 bits per heavy atom. The smallest absolute Gasteiger partial charge is 0.0994 e. The van der Waals surface area contributed by atoms with E-state index in [0.717, 1.165) is 0 Å². The molecule has 0 aliphatic carbocycles. The van der Waals surface area contributed by atoms with E-state index in [0.29, 0.717) is 0 Å². The zero-order valence-corrected chi connectivity index (χ0v) is 7.02. The lowest BCUT2D eigenvalue weighted by atomic mass is 9.77. The lowest BCUT2D eigenvalue weighted by molar-refractivity contribution is -0.00497. The van der Waals surface area contributed by atoms with Crippen molar-refractivity contribution in [3.8, 4) is 0 Å². The van der Waals surface area contributed by atoms with Gasteiger partial charge in [-0.15, -0.1) is 6.58 Å². The quantitative estimate of drug-likeness (QED) is 0.564. The Labute approximate surface area is 62.7 Å². The van der Waals surface area contributed by atoms with Gasteiger partial charge in [0.05, 0.1) is 5.60 Å². The predicted octanol–water partition coefficient (Wildman–Crippen LogP) is 0.908. The molecule has 2 heteroatoms. The van der Waals surface area contributed by atoms with Gasteiger partial charge in [-0.3, -0.25) is 0 Å². The molecule has 0 fully saturated rings. The van der Waals surface area contributed by atoms with Crippen LogP contribution < -0.4 is 5.73 Å². The highest BCUT2D eigenvalue weighted by Crippen LogP contribution is 2.29. The topological polar surface area (TPSA) is 46.2 Å². The summed E-state index contributed by atoms with van der Waals surface area (Å²) in [6, 6.07) is 0. The lowest BCUT2D eigenvalue weighted by Gasteiger charge is -2.36. The number of rotatable bonds is 2. The average Bonchev–Trinajstić information content (AvgIpc) is 1.84. The highest BCUT2D eigenvalue weighted by molar-refractivity contribution is 5.04. The summed E-state index contributed by atoms with van der Waals surface area (Å²) in [5.41, 5.74) is 4.21. The van der Waals surface area contributed by atoms with Gasteiger partial charge in [-0.1, -0.05) is 26.8 Å². The molecule has 0 radical (unpaired) electrons.